The Hall–Kier alpha value is -0.760. The fraction of sp³-hybridized carbons (Fsp3) is 0.733. The van der Waals surface area contributed by atoms with E-state index in [9.17, 15) is 0 Å². The van der Waals surface area contributed by atoms with E-state index in [-0.39, 0.29) is 0 Å². The number of hydrogen-bond acceptors (Lipinski definition) is 2. The molecule has 0 spiro atoms. The summed E-state index contributed by atoms with van der Waals surface area (Å²) in [6.07, 6.45) is 5.45. The molecule has 1 N–H and O–H groups in total. The van der Waals surface area contributed by atoms with Crippen molar-refractivity contribution >= 4 is 0 Å². The number of aryl methyl sites for hydroxylation is 1. The normalized spacial score (nSPS) is 13.9. The van der Waals surface area contributed by atoms with E-state index in [0.29, 0.717) is 11.5 Å². The van der Waals surface area contributed by atoms with E-state index in [1.54, 1.807) is 0 Å². The second-order valence-corrected chi connectivity index (χ2v) is 6.10. The first-order chi connectivity index (χ1) is 7.92. The third-order valence-corrected chi connectivity index (χ3v) is 2.98. The standard InChI is InChI=1S/C15H27NO/c1-6-9-16-14(7-8-15(3,4)5)13-10-12(2)17-11-13/h10-11,14,16H,6-9H2,1-5H3. The summed E-state index contributed by atoms with van der Waals surface area (Å²) < 4.78 is 5.42. The van der Waals surface area contributed by atoms with Gasteiger partial charge in [-0.3, -0.25) is 0 Å². The monoisotopic (exact) mass is 237 g/mol. The van der Waals surface area contributed by atoms with Crippen LogP contribution < -0.4 is 5.32 Å². The summed E-state index contributed by atoms with van der Waals surface area (Å²) in [6.45, 7) is 12.2. The lowest BCUT2D eigenvalue weighted by Crippen LogP contribution is -2.23. The molecule has 0 saturated heterocycles. The van der Waals surface area contributed by atoms with Gasteiger partial charge in [0.05, 0.1) is 6.26 Å². The maximum Gasteiger partial charge on any atom is 0.101 e. The van der Waals surface area contributed by atoms with Crippen LogP contribution >= 0.6 is 0 Å². The third kappa shape index (κ3) is 5.40. The topological polar surface area (TPSA) is 25.2 Å². The van der Waals surface area contributed by atoms with Crippen molar-refractivity contribution in [2.75, 3.05) is 6.54 Å². The van der Waals surface area contributed by atoms with Crippen LogP contribution in [0.25, 0.3) is 0 Å². The first-order valence-corrected chi connectivity index (χ1v) is 6.71. The van der Waals surface area contributed by atoms with Gasteiger partial charge in [0, 0.05) is 11.6 Å². The molecule has 0 radical (unpaired) electrons. The van der Waals surface area contributed by atoms with E-state index < -0.39 is 0 Å². The fourth-order valence-electron chi connectivity index (χ4n) is 1.93. The van der Waals surface area contributed by atoms with Crippen LogP contribution in [0.1, 0.15) is 64.3 Å². The number of nitrogens with one attached hydrogen (secondary N) is 1. The van der Waals surface area contributed by atoms with E-state index in [2.05, 4.69) is 39.1 Å². The van der Waals surface area contributed by atoms with Crippen molar-refractivity contribution in [3.05, 3.63) is 23.7 Å². The van der Waals surface area contributed by atoms with E-state index in [1.165, 1.54) is 24.8 Å². The molecule has 0 saturated carbocycles. The maximum absolute atomic E-state index is 5.42. The summed E-state index contributed by atoms with van der Waals surface area (Å²) in [6, 6.07) is 2.59. The predicted molar refractivity (Wildman–Crippen MR) is 73.2 cm³/mol. The maximum atomic E-state index is 5.42. The first kappa shape index (κ1) is 14.3. The van der Waals surface area contributed by atoms with Gasteiger partial charge in [0.2, 0.25) is 0 Å². The zero-order chi connectivity index (χ0) is 12.9. The molecule has 1 heterocycles. The minimum absolute atomic E-state index is 0.394. The zero-order valence-electron chi connectivity index (χ0n) is 12.0. The number of furan rings is 1. The van der Waals surface area contributed by atoms with E-state index >= 15 is 0 Å². The molecular weight excluding hydrogens is 210 g/mol. The highest BCUT2D eigenvalue weighted by molar-refractivity contribution is 5.16. The molecule has 0 fully saturated rings. The molecule has 2 heteroatoms. The van der Waals surface area contributed by atoms with Crippen molar-refractivity contribution in [3.63, 3.8) is 0 Å². The second-order valence-electron chi connectivity index (χ2n) is 6.10. The Morgan fingerprint density at radius 3 is 2.53 bits per heavy atom. The third-order valence-electron chi connectivity index (χ3n) is 2.98. The molecule has 1 aromatic heterocycles. The molecule has 1 aromatic rings. The quantitative estimate of drug-likeness (QED) is 0.790. The number of rotatable bonds is 6. The van der Waals surface area contributed by atoms with Crippen LogP contribution in [0, 0.1) is 12.3 Å². The van der Waals surface area contributed by atoms with Gasteiger partial charge >= 0.3 is 0 Å². The minimum atomic E-state index is 0.394. The molecule has 0 aliphatic heterocycles. The van der Waals surface area contributed by atoms with Gasteiger partial charge in [0.1, 0.15) is 5.76 Å². The molecule has 1 rings (SSSR count). The van der Waals surface area contributed by atoms with Gasteiger partial charge < -0.3 is 9.73 Å². The summed E-state index contributed by atoms with van der Waals surface area (Å²) >= 11 is 0. The number of hydrogen-bond donors (Lipinski definition) is 1. The van der Waals surface area contributed by atoms with Gasteiger partial charge in [0.25, 0.3) is 0 Å². The van der Waals surface area contributed by atoms with Gasteiger partial charge in [-0.05, 0) is 44.2 Å². The molecule has 0 aromatic carbocycles. The SMILES string of the molecule is CCCNC(CCC(C)(C)C)c1coc(C)c1. The van der Waals surface area contributed by atoms with Gasteiger partial charge in [0.15, 0.2) is 0 Å². The highest BCUT2D eigenvalue weighted by Gasteiger charge is 2.17. The van der Waals surface area contributed by atoms with Crippen molar-refractivity contribution in [1.29, 1.82) is 0 Å². The second kappa shape index (κ2) is 6.25. The summed E-state index contributed by atoms with van der Waals surface area (Å²) in [5, 5.41) is 3.61. The first-order valence-electron chi connectivity index (χ1n) is 6.71. The summed E-state index contributed by atoms with van der Waals surface area (Å²) in [5.41, 5.74) is 1.69. The van der Waals surface area contributed by atoms with Gasteiger partial charge in [-0.15, -0.1) is 0 Å². The fourth-order valence-corrected chi connectivity index (χ4v) is 1.93. The van der Waals surface area contributed by atoms with E-state index in [0.717, 1.165) is 12.3 Å². The molecule has 2 nitrogen and oxygen atoms in total. The Morgan fingerprint density at radius 1 is 1.35 bits per heavy atom. The van der Waals surface area contributed by atoms with Crippen molar-refractivity contribution < 1.29 is 4.42 Å². The largest absolute Gasteiger partial charge is 0.469 e. The van der Waals surface area contributed by atoms with Crippen molar-refractivity contribution in [2.24, 2.45) is 5.41 Å². The van der Waals surface area contributed by atoms with Crippen LogP contribution in [0.3, 0.4) is 0 Å². The average molecular weight is 237 g/mol. The molecule has 17 heavy (non-hydrogen) atoms. The predicted octanol–water partition coefficient (Wildman–Crippen LogP) is 4.46. The van der Waals surface area contributed by atoms with Crippen LogP contribution in [-0.4, -0.2) is 6.54 Å². The highest BCUT2D eigenvalue weighted by Crippen LogP contribution is 2.28. The smallest absolute Gasteiger partial charge is 0.101 e. The van der Waals surface area contributed by atoms with E-state index in [4.69, 9.17) is 4.42 Å². The lowest BCUT2D eigenvalue weighted by Gasteiger charge is -2.23. The van der Waals surface area contributed by atoms with Crippen LogP contribution in [-0.2, 0) is 0 Å². The Labute approximate surface area is 106 Å². The lowest BCUT2D eigenvalue weighted by atomic mass is 9.87. The van der Waals surface area contributed by atoms with Crippen molar-refractivity contribution in [3.8, 4) is 0 Å². The van der Waals surface area contributed by atoms with Gasteiger partial charge in [-0.2, -0.15) is 0 Å². The lowest BCUT2D eigenvalue weighted by molar-refractivity contribution is 0.331. The molecule has 1 unspecified atom stereocenters. The van der Waals surface area contributed by atoms with Gasteiger partial charge in [-0.1, -0.05) is 27.7 Å². The molecule has 0 bridgehead atoms. The van der Waals surface area contributed by atoms with Crippen molar-refractivity contribution in [1.82, 2.24) is 5.32 Å². The Balaban J connectivity index is 2.60. The van der Waals surface area contributed by atoms with E-state index in [1.807, 2.05) is 13.2 Å². The summed E-state index contributed by atoms with van der Waals surface area (Å²) in [7, 11) is 0. The summed E-state index contributed by atoms with van der Waals surface area (Å²) in [4.78, 5) is 0. The molecule has 98 valence electrons. The Morgan fingerprint density at radius 2 is 2.06 bits per heavy atom. The van der Waals surface area contributed by atoms with Gasteiger partial charge in [-0.25, -0.2) is 0 Å². The molecule has 0 amide bonds. The average Bonchev–Trinajstić information content (AvgIpc) is 2.63. The van der Waals surface area contributed by atoms with Crippen LogP contribution in [0.2, 0.25) is 0 Å². The minimum Gasteiger partial charge on any atom is -0.469 e. The highest BCUT2D eigenvalue weighted by atomic mass is 16.3. The van der Waals surface area contributed by atoms with Crippen LogP contribution in [0.5, 0.6) is 0 Å². The molecule has 0 aliphatic carbocycles. The Bertz CT molecular complexity index is 322. The molecule has 1 atom stereocenters. The molecule has 0 aliphatic rings. The summed E-state index contributed by atoms with van der Waals surface area (Å²) in [5.74, 6) is 0.999. The van der Waals surface area contributed by atoms with Crippen LogP contribution in [0.4, 0.5) is 0 Å². The van der Waals surface area contributed by atoms with Crippen molar-refractivity contribution in [2.45, 2.75) is 59.9 Å². The zero-order valence-corrected chi connectivity index (χ0v) is 12.0. The van der Waals surface area contributed by atoms with Crippen LogP contribution in [0.15, 0.2) is 16.7 Å². The molecular formula is C15H27NO. The Kier molecular flexibility index (Phi) is 5.26.